The zero-order chi connectivity index (χ0) is 20.0. The zero-order valence-electron chi connectivity index (χ0n) is 14.5. The smallest absolute Gasteiger partial charge is 0.387 e. The number of halogens is 3. The van der Waals surface area contributed by atoms with Crippen LogP contribution in [-0.4, -0.2) is 25.5 Å². The van der Waals surface area contributed by atoms with E-state index in [2.05, 4.69) is 15.4 Å². The lowest BCUT2D eigenvalue weighted by molar-refractivity contribution is -0.114. The minimum Gasteiger partial charge on any atom is -0.493 e. The number of ether oxygens (including phenoxy) is 2. The van der Waals surface area contributed by atoms with Gasteiger partial charge in [0.05, 0.1) is 12.8 Å². The van der Waals surface area contributed by atoms with Crippen LogP contribution in [0.15, 0.2) is 36.4 Å². The fourth-order valence-corrected chi connectivity index (χ4v) is 2.26. The van der Waals surface area contributed by atoms with Gasteiger partial charge in [-0.25, -0.2) is 4.39 Å². The van der Waals surface area contributed by atoms with Gasteiger partial charge in [0.1, 0.15) is 5.82 Å². The van der Waals surface area contributed by atoms with Crippen LogP contribution < -0.4 is 20.1 Å². The van der Waals surface area contributed by atoms with Crippen molar-refractivity contribution in [2.45, 2.75) is 20.1 Å². The van der Waals surface area contributed by atoms with Crippen LogP contribution in [0.2, 0.25) is 0 Å². The number of rotatable bonds is 7. The summed E-state index contributed by atoms with van der Waals surface area (Å²) in [5.74, 6) is -1.71. The van der Waals surface area contributed by atoms with Crippen molar-refractivity contribution in [3.63, 3.8) is 0 Å². The Morgan fingerprint density at radius 1 is 1.11 bits per heavy atom. The van der Waals surface area contributed by atoms with E-state index in [0.29, 0.717) is 5.56 Å². The van der Waals surface area contributed by atoms with Crippen molar-refractivity contribution in [1.29, 1.82) is 0 Å². The molecule has 0 heterocycles. The van der Waals surface area contributed by atoms with Crippen molar-refractivity contribution >= 4 is 17.5 Å². The Kier molecular flexibility index (Phi) is 6.64. The van der Waals surface area contributed by atoms with Crippen molar-refractivity contribution in [2.24, 2.45) is 0 Å². The van der Waals surface area contributed by atoms with E-state index >= 15 is 0 Å². The van der Waals surface area contributed by atoms with E-state index in [9.17, 15) is 22.8 Å². The summed E-state index contributed by atoms with van der Waals surface area (Å²) in [5, 5.41) is 4.86. The third-order valence-electron chi connectivity index (χ3n) is 3.44. The minimum absolute atomic E-state index is 0.00920. The lowest BCUT2D eigenvalue weighted by Crippen LogP contribution is -2.23. The van der Waals surface area contributed by atoms with Crippen LogP contribution in [0.4, 0.5) is 18.9 Å². The Balaban J connectivity index is 2.10. The first kappa shape index (κ1) is 20.1. The highest BCUT2D eigenvalue weighted by molar-refractivity contribution is 5.96. The molecule has 9 heteroatoms. The van der Waals surface area contributed by atoms with E-state index in [0.717, 1.165) is 6.07 Å². The van der Waals surface area contributed by atoms with Crippen molar-refractivity contribution in [1.82, 2.24) is 5.32 Å². The fraction of sp³-hybridized carbons (Fsp3) is 0.222. The molecule has 0 saturated heterocycles. The summed E-state index contributed by atoms with van der Waals surface area (Å²) in [5.41, 5.74) is 0.494. The van der Waals surface area contributed by atoms with Crippen molar-refractivity contribution in [3.8, 4) is 11.5 Å². The minimum atomic E-state index is -3.02. The van der Waals surface area contributed by atoms with Gasteiger partial charge in [-0.15, -0.1) is 0 Å². The molecule has 0 radical (unpaired) electrons. The Morgan fingerprint density at radius 2 is 1.85 bits per heavy atom. The van der Waals surface area contributed by atoms with Gasteiger partial charge in [-0.05, 0) is 35.9 Å². The maximum atomic E-state index is 13.6. The molecule has 144 valence electrons. The van der Waals surface area contributed by atoms with Crippen molar-refractivity contribution in [3.05, 3.63) is 53.3 Å². The predicted octanol–water partition coefficient (Wildman–Crippen LogP) is 3.32. The number of nitrogens with one attached hydrogen (secondary N) is 2. The monoisotopic (exact) mass is 382 g/mol. The molecular weight excluding hydrogens is 365 g/mol. The van der Waals surface area contributed by atoms with Gasteiger partial charge in [0.25, 0.3) is 5.91 Å². The molecule has 0 aliphatic carbocycles. The van der Waals surface area contributed by atoms with Crippen LogP contribution in [0, 0.1) is 5.82 Å². The van der Waals surface area contributed by atoms with E-state index < -0.39 is 24.2 Å². The molecule has 2 aromatic rings. The molecule has 2 aromatic carbocycles. The van der Waals surface area contributed by atoms with Crippen LogP contribution in [-0.2, 0) is 11.3 Å². The summed E-state index contributed by atoms with van der Waals surface area (Å²) in [6.45, 7) is -1.79. The third kappa shape index (κ3) is 5.63. The quantitative estimate of drug-likeness (QED) is 0.770. The molecule has 0 unspecified atom stereocenters. The van der Waals surface area contributed by atoms with E-state index in [-0.39, 0.29) is 29.3 Å². The highest BCUT2D eigenvalue weighted by Gasteiger charge is 2.13. The number of benzene rings is 2. The second kappa shape index (κ2) is 8.93. The largest absolute Gasteiger partial charge is 0.493 e. The molecule has 0 bridgehead atoms. The van der Waals surface area contributed by atoms with Gasteiger partial charge in [-0.2, -0.15) is 8.78 Å². The first-order valence-corrected chi connectivity index (χ1v) is 7.77. The normalized spacial score (nSPS) is 10.4. The molecule has 2 rings (SSSR count). The number of carbonyl (C=O) groups excluding carboxylic acids is 2. The Morgan fingerprint density at radius 3 is 2.48 bits per heavy atom. The summed E-state index contributed by atoms with van der Waals surface area (Å²) >= 11 is 0. The molecule has 0 saturated carbocycles. The molecule has 0 fully saturated rings. The highest BCUT2D eigenvalue weighted by Crippen LogP contribution is 2.29. The summed E-state index contributed by atoms with van der Waals surface area (Å²) in [7, 11) is 1.32. The maximum Gasteiger partial charge on any atom is 0.387 e. The van der Waals surface area contributed by atoms with Gasteiger partial charge in [-0.1, -0.05) is 6.07 Å². The summed E-state index contributed by atoms with van der Waals surface area (Å²) in [6.07, 6.45) is 0. The van der Waals surface area contributed by atoms with E-state index in [1.807, 2.05) is 0 Å². The van der Waals surface area contributed by atoms with E-state index in [1.54, 1.807) is 6.07 Å². The third-order valence-corrected chi connectivity index (χ3v) is 3.44. The predicted molar refractivity (Wildman–Crippen MR) is 91.5 cm³/mol. The molecular formula is C18H17F3N2O4. The first-order chi connectivity index (χ1) is 12.8. The SMILES string of the molecule is COc1ccc(CNC(=O)c2ccc(F)c(NC(C)=O)c2)cc1OC(F)F. The van der Waals surface area contributed by atoms with Gasteiger partial charge in [0.2, 0.25) is 5.91 Å². The van der Waals surface area contributed by atoms with E-state index in [4.69, 9.17) is 4.74 Å². The molecule has 0 atom stereocenters. The number of carbonyl (C=O) groups is 2. The first-order valence-electron chi connectivity index (χ1n) is 7.77. The maximum absolute atomic E-state index is 13.6. The summed E-state index contributed by atoms with van der Waals surface area (Å²) < 4.78 is 47.9. The lowest BCUT2D eigenvalue weighted by atomic mass is 10.1. The molecule has 27 heavy (non-hydrogen) atoms. The molecule has 0 aliphatic rings. The molecule has 0 aromatic heterocycles. The molecule has 6 nitrogen and oxygen atoms in total. The summed E-state index contributed by atoms with van der Waals surface area (Å²) in [6, 6.07) is 7.85. The summed E-state index contributed by atoms with van der Waals surface area (Å²) in [4.78, 5) is 23.3. The highest BCUT2D eigenvalue weighted by atomic mass is 19.3. The number of methoxy groups -OCH3 is 1. The Labute approximate surface area is 153 Å². The number of amides is 2. The lowest BCUT2D eigenvalue weighted by Gasteiger charge is -2.12. The Hall–Kier alpha value is -3.23. The van der Waals surface area contributed by atoms with Crippen molar-refractivity contribution < 1.29 is 32.2 Å². The van der Waals surface area contributed by atoms with Crippen LogP contribution in [0.3, 0.4) is 0 Å². The van der Waals surface area contributed by atoms with Crippen LogP contribution >= 0.6 is 0 Å². The second-order valence-corrected chi connectivity index (χ2v) is 5.42. The van der Waals surface area contributed by atoms with Gasteiger partial charge in [-0.3, -0.25) is 9.59 Å². The van der Waals surface area contributed by atoms with Crippen LogP contribution in [0.5, 0.6) is 11.5 Å². The number of anilines is 1. The standard InChI is InChI=1S/C18H17F3N2O4/c1-10(24)23-14-8-12(4-5-13(14)19)17(25)22-9-11-3-6-15(26-2)16(7-11)27-18(20)21/h3-8,18H,9H2,1-2H3,(H,22,25)(H,23,24). The van der Waals surface area contributed by atoms with Crippen LogP contribution in [0.25, 0.3) is 0 Å². The second-order valence-electron chi connectivity index (χ2n) is 5.42. The van der Waals surface area contributed by atoms with Gasteiger partial charge in [0.15, 0.2) is 11.5 Å². The van der Waals surface area contributed by atoms with Crippen LogP contribution in [0.1, 0.15) is 22.8 Å². The average molecular weight is 382 g/mol. The molecule has 0 spiro atoms. The average Bonchev–Trinajstić information content (AvgIpc) is 2.60. The van der Waals surface area contributed by atoms with Gasteiger partial charge >= 0.3 is 6.61 Å². The van der Waals surface area contributed by atoms with Crippen molar-refractivity contribution in [2.75, 3.05) is 12.4 Å². The molecule has 0 aliphatic heterocycles. The van der Waals surface area contributed by atoms with Gasteiger partial charge in [0, 0.05) is 19.0 Å². The fourth-order valence-electron chi connectivity index (χ4n) is 2.26. The number of alkyl halides is 2. The number of hydrogen-bond donors (Lipinski definition) is 2. The zero-order valence-corrected chi connectivity index (χ0v) is 14.5. The number of hydrogen-bond acceptors (Lipinski definition) is 4. The topological polar surface area (TPSA) is 76.7 Å². The Bertz CT molecular complexity index is 843. The van der Waals surface area contributed by atoms with E-state index in [1.165, 1.54) is 38.3 Å². The molecule has 2 N–H and O–H groups in total. The van der Waals surface area contributed by atoms with Gasteiger partial charge < -0.3 is 20.1 Å². The molecule has 2 amide bonds.